The first-order valence-corrected chi connectivity index (χ1v) is 5.86. The largest absolute Gasteiger partial charge is 0.468 e. The summed E-state index contributed by atoms with van der Waals surface area (Å²) in [4.78, 5) is 0. The lowest BCUT2D eigenvalue weighted by Gasteiger charge is -2.56. The van der Waals surface area contributed by atoms with E-state index in [1.807, 2.05) is 12.1 Å². The van der Waals surface area contributed by atoms with Gasteiger partial charge in [0, 0.05) is 18.6 Å². The van der Waals surface area contributed by atoms with Gasteiger partial charge in [-0.1, -0.05) is 20.8 Å². The molecule has 0 spiro atoms. The van der Waals surface area contributed by atoms with Crippen LogP contribution in [0.2, 0.25) is 0 Å². The van der Waals surface area contributed by atoms with Crippen molar-refractivity contribution in [2.24, 2.45) is 11.3 Å². The summed E-state index contributed by atoms with van der Waals surface area (Å²) in [6.07, 6.45) is 2.06. The molecule has 0 radical (unpaired) electrons. The predicted octanol–water partition coefficient (Wildman–Crippen LogP) is 2.43. The number of ether oxygens (including phenoxy) is 1. The molecule has 1 heterocycles. The minimum absolute atomic E-state index is 0.195. The van der Waals surface area contributed by atoms with E-state index < -0.39 is 0 Å². The summed E-state index contributed by atoms with van der Waals surface area (Å²) >= 11 is 0. The first-order chi connectivity index (χ1) is 7.57. The molecule has 0 bridgehead atoms. The Morgan fingerprint density at radius 2 is 2.25 bits per heavy atom. The molecule has 0 aliphatic heterocycles. The molecule has 0 aromatic carbocycles. The molecular formula is C13H21NO2. The summed E-state index contributed by atoms with van der Waals surface area (Å²) in [6.45, 7) is 7.53. The standard InChI is InChI=1S/C13H21NO2/c1-9-11(13(2,3)12(9)15-4)14-8-10-6-5-7-16-10/h5-7,9,11-12,14H,8H2,1-4H3. The highest BCUT2D eigenvalue weighted by molar-refractivity contribution is 5.08. The Hall–Kier alpha value is -0.800. The van der Waals surface area contributed by atoms with Crippen molar-refractivity contribution in [3.63, 3.8) is 0 Å². The average molecular weight is 223 g/mol. The van der Waals surface area contributed by atoms with Crippen molar-refractivity contribution in [2.75, 3.05) is 7.11 Å². The molecule has 3 unspecified atom stereocenters. The van der Waals surface area contributed by atoms with Gasteiger partial charge in [0.1, 0.15) is 5.76 Å². The zero-order chi connectivity index (χ0) is 11.8. The highest BCUT2D eigenvalue weighted by Crippen LogP contribution is 2.46. The molecule has 3 atom stereocenters. The van der Waals surface area contributed by atoms with Crippen LogP contribution in [0.15, 0.2) is 22.8 Å². The fraction of sp³-hybridized carbons (Fsp3) is 0.692. The van der Waals surface area contributed by atoms with Gasteiger partial charge in [0.2, 0.25) is 0 Å². The number of methoxy groups -OCH3 is 1. The van der Waals surface area contributed by atoms with Crippen LogP contribution in [0.3, 0.4) is 0 Å². The van der Waals surface area contributed by atoms with Crippen molar-refractivity contribution < 1.29 is 9.15 Å². The van der Waals surface area contributed by atoms with E-state index in [2.05, 4.69) is 26.1 Å². The number of rotatable bonds is 4. The molecular weight excluding hydrogens is 202 g/mol. The Labute approximate surface area is 97.2 Å². The zero-order valence-electron chi connectivity index (χ0n) is 10.5. The van der Waals surface area contributed by atoms with Crippen molar-refractivity contribution in [1.29, 1.82) is 0 Å². The topological polar surface area (TPSA) is 34.4 Å². The Morgan fingerprint density at radius 1 is 1.50 bits per heavy atom. The maximum absolute atomic E-state index is 5.52. The first kappa shape index (κ1) is 11.7. The van der Waals surface area contributed by atoms with Gasteiger partial charge in [-0.15, -0.1) is 0 Å². The second kappa shape index (κ2) is 4.22. The van der Waals surface area contributed by atoms with E-state index in [0.717, 1.165) is 12.3 Å². The Balaban J connectivity index is 1.91. The smallest absolute Gasteiger partial charge is 0.117 e. The molecule has 1 N–H and O–H groups in total. The van der Waals surface area contributed by atoms with Crippen LogP contribution >= 0.6 is 0 Å². The quantitative estimate of drug-likeness (QED) is 0.851. The van der Waals surface area contributed by atoms with Crippen LogP contribution in [0.5, 0.6) is 0 Å². The first-order valence-electron chi connectivity index (χ1n) is 5.86. The summed E-state index contributed by atoms with van der Waals surface area (Å²) in [5, 5.41) is 3.55. The van der Waals surface area contributed by atoms with E-state index in [1.165, 1.54) is 0 Å². The van der Waals surface area contributed by atoms with Crippen LogP contribution in [0.1, 0.15) is 26.5 Å². The van der Waals surface area contributed by atoms with Gasteiger partial charge in [0.05, 0.1) is 18.9 Å². The second-order valence-corrected chi connectivity index (χ2v) is 5.27. The second-order valence-electron chi connectivity index (χ2n) is 5.27. The van der Waals surface area contributed by atoms with Gasteiger partial charge in [-0.05, 0) is 18.1 Å². The SMILES string of the molecule is COC1C(C)C(NCc2ccco2)C1(C)C. The summed E-state index contributed by atoms with van der Waals surface area (Å²) < 4.78 is 10.8. The third-order valence-electron chi connectivity index (χ3n) is 3.87. The predicted molar refractivity (Wildman–Crippen MR) is 63.1 cm³/mol. The lowest BCUT2D eigenvalue weighted by atomic mass is 9.58. The lowest BCUT2D eigenvalue weighted by Crippen LogP contribution is -2.66. The van der Waals surface area contributed by atoms with Gasteiger partial charge in [-0.25, -0.2) is 0 Å². The van der Waals surface area contributed by atoms with Crippen molar-refractivity contribution in [3.05, 3.63) is 24.2 Å². The lowest BCUT2D eigenvalue weighted by molar-refractivity contribution is -0.145. The van der Waals surface area contributed by atoms with Gasteiger partial charge < -0.3 is 14.5 Å². The molecule has 90 valence electrons. The minimum Gasteiger partial charge on any atom is -0.468 e. The number of furan rings is 1. The highest BCUT2D eigenvalue weighted by atomic mass is 16.5. The summed E-state index contributed by atoms with van der Waals surface area (Å²) in [5.41, 5.74) is 0.195. The molecule has 1 aliphatic carbocycles. The fourth-order valence-electron chi connectivity index (χ4n) is 3.18. The van der Waals surface area contributed by atoms with Crippen molar-refractivity contribution in [2.45, 2.75) is 39.5 Å². The van der Waals surface area contributed by atoms with Gasteiger partial charge >= 0.3 is 0 Å². The van der Waals surface area contributed by atoms with Gasteiger partial charge in [0.25, 0.3) is 0 Å². The highest BCUT2D eigenvalue weighted by Gasteiger charge is 2.54. The maximum Gasteiger partial charge on any atom is 0.117 e. The van der Waals surface area contributed by atoms with E-state index in [1.54, 1.807) is 13.4 Å². The van der Waals surface area contributed by atoms with Crippen LogP contribution in [0, 0.1) is 11.3 Å². The molecule has 1 aromatic rings. The van der Waals surface area contributed by atoms with Gasteiger partial charge in [-0.2, -0.15) is 0 Å². The van der Waals surface area contributed by atoms with E-state index in [9.17, 15) is 0 Å². The molecule has 3 heteroatoms. The zero-order valence-corrected chi connectivity index (χ0v) is 10.5. The molecule has 3 nitrogen and oxygen atoms in total. The normalized spacial score (nSPS) is 32.4. The Morgan fingerprint density at radius 3 is 2.75 bits per heavy atom. The third kappa shape index (κ3) is 1.78. The Bertz CT molecular complexity index is 332. The molecule has 1 aromatic heterocycles. The van der Waals surface area contributed by atoms with E-state index in [-0.39, 0.29) is 5.41 Å². The monoisotopic (exact) mass is 223 g/mol. The summed E-state index contributed by atoms with van der Waals surface area (Å²) in [6, 6.07) is 4.41. The molecule has 0 amide bonds. The van der Waals surface area contributed by atoms with E-state index in [4.69, 9.17) is 9.15 Å². The molecule has 1 fully saturated rings. The van der Waals surface area contributed by atoms with E-state index in [0.29, 0.717) is 18.1 Å². The molecule has 1 aliphatic rings. The Kier molecular flexibility index (Phi) is 3.08. The summed E-state index contributed by atoms with van der Waals surface area (Å²) in [7, 11) is 1.80. The van der Waals surface area contributed by atoms with Crippen molar-refractivity contribution in [3.8, 4) is 0 Å². The molecule has 2 rings (SSSR count). The molecule has 16 heavy (non-hydrogen) atoms. The number of hydrogen-bond acceptors (Lipinski definition) is 3. The molecule has 0 saturated heterocycles. The van der Waals surface area contributed by atoms with Crippen molar-refractivity contribution in [1.82, 2.24) is 5.32 Å². The van der Waals surface area contributed by atoms with Crippen LogP contribution in [0.25, 0.3) is 0 Å². The third-order valence-corrected chi connectivity index (χ3v) is 3.87. The average Bonchev–Trinajstić information content (AvgIpc) is 2.70. The van der Waals surface area contributed by atoms with Crippen LogP contribution in [-0.2, 0) is 11.3 Å². The molecule has 1 saturated carbocycles. The van der Waals surface area contributed by atoms with Gasteiger partial charge in [0.15, 0.2) is 0 Å². The van der Waals surface area contributed by atoms with Gasteiger partial charge in [-0.3, -0.25) is 0 Å². The van der Waals surface area contributed by atoms with Crippen LogP contribution in [-0.4, -0.2) is 19.3 Å². The van der Waals surface area contributed by atoms with Crippen LogP contribution < -0.4 is 5.32 Å². The number of nitrogens with one attached hydrogen (secondary N) is 1. The fourth-order valence-corrected chi connectivity index (χ4v) is 3.18. The van der Waals surface area contributed by atoms with Crippen molar-refractivity contribution >= 4 is 0 Å². The van der Waals surface area contributed by atoms with Crippen LogP contribution in [0.4, 0.5) is 0 Å². The maximum atomic E-state index is 5.52. The number of hydrogen-bond donors (Lipinski definition) is 1. The minimum atomic E-state index is 0.195. The summed E-state index contributed by atoms with van der Waals surface area (Å²) in [5.74, 6) is 1.54. The van der Waals surface area contributed by atoms with E-state index >= 15 is 0 Å².